The lowest BCUT2D eigenvalue weighted by Gasteiger charge is -2.28. The molecule has 0 spiro atoms. The Hall–Kier alpha value is -4.38. The van der Waals surface area contributed by atoms with Gasteiger partial charge in [-0.15, -0.1) is 0 Å². The third-order valence-electron chi connectivity index (χ3n) is 6.88. The lowest BCUT2D eigenvalue weighted by Crippen LogP contribution is -2.29. The van der Waals surface area contributed by atoms with Crippen LogP contribution in [0.25, 0.3) is 0 Å². The zero-order valence-electron chi connectivity index (χ0n) is 22.8. The predicted octanol–water partition coefficient (Wildman–Crippen LogP) is 7.19. The first kappa shape index (κ1) is 26.2. The van der Waals surface area contributed by atoms with Crippen molar-refractivity contribution in [3.63, 3.8) is 0 Å². The van der Waals surface area contributed by atoms with Crippen molar-refractivity contribution >= 4 is 23.1 Å². The second kappa shape index (κ2) is 10.8. The zero-order chi connectivity index (χ0) is 27.6. The van der Waals surface area contributed by atoms with Gasteiger partial charge in [-0.3, -0.25) is 4.79 Å². The molecule has 1 aliphatic heterocycles. The number of ketones is 1. The van der Waals surface area contributed by atoms with E-state index in [-0.39, 0.29) is 17.8 Å². The van der Waals surface area contributed by atoms with Crippen molar-refractivity contribution in [2.24, 2.45) is 0 Å². The van der Waals surface area contributed by atoms with E-state index in [9.17, 15) is 9.59 Å². The second-order valence-electron chi connectivity index (χ2n) is 10.9. The van der Waals surface area contributed by atoms with E-state index in [1.165, 1.54) is 5.56 Å². The van der Waals surface area contributed by atoms with Gasteiger partial charge in [0.15, 0.2) is 5.78 Å². The van der Waals surface area contributed by atoms with Crippen LogP contribution in [0.15, 0.2) is 97.1 Å². The molecular formula is C34H33NO4. The fourth-order valence-corrected chi connectivity index (χ4v) is 5.04. The Bertz CT molecular complexity index is 1470. The first-order chi connectivity index (χ1) is 18.7. The summed E-state index contributed by atoms with van der Waals surface area (Å²) in [5.41, 5.74) is 5.83. The minimum absolute atomic E-state index is 0.0224. The number of benzene rings is 4. The maximum atomic E-state index is 12.8. The Morgan fingerprint density at radius 3 is 2.10 bits per heavy atom. The molecule has 0 bridgehead atoms. The van der Waals surface area contributed by atoms with Crippen LogP contribution in [-0.2, 0) is 17.6 Å². The normalized spacial score (nSPS) is 14.6. The monoisotopic (exact) mass is 519 g/mol. The molecule has 198 valence electrons. The van der Waals surface area contributed by atoms with Gasteiger partial charge in [0, 0.05) is 34.6 Å². The topological polar surface area (TPSA) is 55.8 Å². The molecule has 1 heterocycles. The predicted molar refractivity (Wildman–Crippen MR) is 154 cm³/mol. The van der Waals surface area contributed by atoms with Crippen molar-refractivity contribution in [1.82, 2.24) is 0 Å². The molecule has 0 N–H and O–H groups in total. The number of fused-ring (bicyclic) bond motifs is 1. The molecule has 0 saturated heterocycles. The van der Waals surface area contributed by atoms with Gasteiger partial charge in [-0.05, 0) is 75.1 Å². The van der Waals surface area contributed by atoms with E-state index in [0.717, 1.165) is 35.5 Å². The maximum Gasteiger partial charge on any atom is 0.338 e. The minimum Gasteiger partial charge on any atom is -0.497 e. The summed E-state index contributed by atoms with van der Waals surface area (Å²) in [7, 11) is 1.67. The summed E-state index contributed by atoms with van der Waals surface area (Å²) in [5.74, 6) is 0.488. The molecule has 0 radical (unpaired) electrons. The Kier molecular flexibility index (Phi) is 7.25. The largest absolute Gasteiger partial charge is 0.497 e. The molecule has 0 fully saturated rings. The fraction of sp³-hybridized carbons (Fsp3) is 0.235. The molecule has 1 atom stereocenters. The molecule has 5 heteroatoms. The molecule has 5 rings (SSSR count). The van der Waals surface area contributed by atoms with Crippen molar-refractivity contribution in [1.29, 1.82) is 0 Å². The summed E-state index contributed by atoms with van der Waals surface area (Å²) in [6.45, 7) is 5.59. The highest BCUT2D eigenvalue weighted by Gasteiger charge is 2.31. The number of esters is 1. The average Bonchev–Trinajstić information content (AvgIpc) is 3.29. The third kappa shape index (κ3) is 5.88. The van der Waals surface area contributed by atoms with E-state index in [2.05, 4.69) is 17.0 Å². The van der Waals surface area contributed by atoms with Crippen LogP contribution in [0.3, 0.4) is 0 Å². The molecule has 0 saturated carbocycles. The average molecular weight is 520 g/mol. The number of carbonyl (C=O) groups is 2. The number of rotatable bonds is 7. The molecule has 1 unspecified atom stereocenters. The van der Waals surface area contributed by atoms with Crippen molar-refractivity contribution < 1.29 is 19.1 Å². The van der Waals surface area contributed by atoms with Crippen molar-refractivity contribution in [2.45, 2.75) is 45.3 Å². The number of ether oxygens (including phenoxy) is 2. The van der Waals surface area contributed by atoms with E-state index in [4.69, 9.17) is 9.47 Å². The highest BCUT2D eigenvalue weighted by molar-refractivity contribution is 6.08. The van der Waals surface area contributed by atoms with E-state index in [0.29, 0.717) is 16.7 Å². The Morgan fingerprint density at radius 2 is 1.46 bits per heavy atom. The quantitative estimate of drug-likeness (QED) is 0.191. The zero-order valence-corrected chi connectivity index (χ0v) is 22.8. The maximum absolute atomic E-state index is 12.8. The van der Waals surface area contributed by atoms with E-state index in [1.807, 2.05) is 106 Å². The summed E-state index contributed by atoms with van der Waals surface area (Å²) in [6, 6.07) is 31.2. The molecule has 0 amide bonds. The number of hydrogen-bond donors (Lipinski definition) is 0. The number of anilines is 2. The number of methoxy groups -OCH3 is 1. The van der Waals surface area contributed by atoms with Crippen molar-refractivity contribution in [3.8, 4) is 5.75 Å². The van der Waals surface area contributed by atoms with Crippen LogP contribution in [0.2, 0.25) is 0 Å². The van der Waals surface area contributed by atoms with Gasteiger partial charge < -0.3 is 14.4 Å². The van der Waals surface area contributed by atoms with Crippen LogP contribution < -0.4 is 9.64 Å². The first-order valence-corrected chi connectivity index (χ1v) is 13.2. The van der Waals surface area contributed by atoms with Crippen LogP contribution in [0, 0.1) is 0 Å². The van der Waals surface area contributed by atoms with Gasteiger partial charge in [0.2, 0.25) is 0 Å². The minimum atomic E-state index is -0.549. The van der Waals surface area contributed by atoms with Crippen LogP contribution in [0.5, 0.6) is 5.75 Å². The van der Waals surface area contributed by atoms with Gasteiger partial charge in [0.25, 0.3) is 0 Å². The molecule has 39 heavy (non-hydrogen) atoms. The molecule has 5 nitrogen and oxygen atoms in total. The molecular weight excluding hydrogens is 486 g/mol. The van der Waals surface area contributed by atoms with Crippen LogP contribution in [0.4, 0.5) is 11.4 Å². The molecule has 4 aromatic carbocycles. The Morgan fingerprint density at radius 1 is 0.821 bits per heavy atom. The second-order valence-corrected chi connectivity index (χ2v) is 10.9. The summed E-state index contributed by atoms with van der Waals surface area (Å²) < 4.78 is 11.1. The standard InChI is InChI=1S/C34H33NO4/c1-34(2,3)39-33(37)26-14-17-28(18-15-26)35-29(21-27-16-19-30(38-4)22-31(27)35)20-23-10-12-25(13-11-23)32(36)24-8-6-5-7-9-24/h5-19,22,29H,20-21H2,1-4H3. The molecule has 4 aromatic rings. The number of carbonyl (C=O) groups excluding carboxylic acids is 2. The smallest absolute Gasteiger partial charge is 0.338 e. The molecule has 0 aromatic heterocycles. The Labute approximate surface area is 230 Å². The third-order valence-corrected chi connectivity index (χ3v) is 6.88. The Balaban J connectivity index is 1.40. The van der Waals surface area contributed by atoms with Gasteiger partial charge in [-0.2, -0.15) is 0 Å². The fourth-order valence-electron chi connectivity index (χ4n) is 5.04. The number of hydrogen-bond acceptors (Lipinski definition) is 5. The SMILES string of the molecule is COc1ccc2c(c1)N(c1ccc(C(=O)OC(C)(C)C)cc1)C(Cc1ccc(C(=O)c3ccccc3)cc1)C2. The summed E-state index contributed by atoms with van der Waals surface area (Å²) >= 11 is 0. The van der Waals surface area contributed by atoms with E-state index in [1.54, 1.807) is 7.11 Å². The van der Waals surface area contributed by atoms with Crippen LogP contribution >= 0.6 is 0 Å². The first-order valence-electron chi connectivity index (χ1n) is 13.2. The van der Waals surface area contributed by atoms with Gasteiger partial charge in [0.1, 0.15) is 11.4 Å². The van der Waals surface area contributed by atoms with Gasteiger partial charge in [0.05, 0.1) is 12.7 Å². The molecule has 1 aliphatic rings. The van der Waals surface area contributed by atoms with E-state index >= 15 is 0 Å². The highest BCUT2D eigenvalue weighted by Crippen LogP contribution is 2.41. The van der Waals surface area contributed by atoms with Gasteiger partial charge in [-0.25, -0.2) is 4.79 Å². The van der Waals surface area contributed by atoms with Gasteiger partial charge in [-0.1, -0.05) is 60.7 Å². The number of nitrogens with zero attached hydrogens (tertiary/aromatic N) is 1. The summed E-state index contributed by atoms with van der Waals surface area (Å²) in [6.07, 6.45) is 1.67. The summed E-state index contributed by atoms with van der Waals surface area (Å²) in [5, 5.41) is 0. The van der Waals surface area contributed by atoms with Crippen molar-refractivity contribution in [3.05, 3.63) is 125 Å². The van der Waals surface area contributed by atoms with Crippen LogP contribution in [0.1, 0.15) is 58.2 Å². The van der Waals surface area contributed by atoms with E-state index < -0.39 is 5.60 Å². The van der Waals surface area contributed by atoms with Crippen molar-refractivity contribution in [2.75, 3.05) is 12.0 Å². The van der Waals surface area contributed by atoms with Crippen LogP contribution in [-0.4, -0.2) is 30.5 Å². The summed E-state index contributed by atoms with van der Waals surface area (Å²) in [4.78, 5) is 27.7. The van der Waals surface area contributed by atoms with Gasteiger partial charge >= 0.3 is 5.97 Å². The lowest BCUT2D eigenvalue weighted by molar-refractivity contribution is 0.00694. The molecule has 0 aliphatic carbocycles. The highest BCUT2D eigenvalue weighted by atomic mass is 16.6. The lowest BCUT2D eigenvalue weighted by atomic mass is 9.98.